The van der Waals surface area contributed by atoms with E-state index in [0.717, 1.165) is 44.9 Å². The fraction of sp³-hybridized carbons (Fsp3) is 0.409. The smallest absolute Gasteiger partial charge is 0.232 e. The van der Waals surface area contributed by atoms with Gasteiger partial charge in [-0.3, -0.25) is 9.69 Å². The molecule has 138 valence electrons. The van der Waals surface area contributed by atoms with Crippen LogP contribution >= 0.6 is 11.8 Å². The molecule has 1 saturated heterocycles. The van der Waals surface area contributed by atoms with Gasteiger partial charge in [0.15, 0.2) is 0 Å². The van der Waals surface area contributed by atoms with Crippen LogP contribution in [0.4, 0.5) is 0 Å². The Hall–Kier alpha value is -1.78. The molecule has 2 aromatic carbocycles. The maximum absolute atomic E-state index is 12.4. The number of hydrogen-bond donors (Lipinski definition) is 0. The van der Waals surface area contributed by atoms with Crippen LogP contribution < -0.4 is 0 Å². The Labute approximate surface area is 161 Å². The molecular weight excluding hydrogens is 340 g/mol. The first-order chi connectivity index (χ1) is 12.8. The number of carbonyl (C=O) groups is 1. The minimum atomic E-state index is 0.287. The van der Waals surface area contributed by atoms with Crippen LogP contribution in [0.3, 0.4) is 0 Å². The first-order valence-electron chi connectivity index (χ1n) is 9.47. The molecule has 0 bridgehead atoms. The van der Waals surface area contributed by atoms with Crippen molar-refractivity contribution in [1.29, 1.82) is 0 Å². The van der Waals surface area contributed by atoms with Gasteiger partial charge in [0.25, 0.3) is 0 Å². The maximum atomic E-state index is 12.4. The van der Waals surface area contributed by atoms with Crippen molar-refractivity contribution in [3.05, 3.63) is 71.8 Å². The number of benzene rings is 2. The third-order valence-corrected chi connectivity index (χ3v) is 5.83. The minimum Gasteiger partial charge on any atom is -0.339 e. The zero-order valence-corrected chi connectivity index (χ0v) is 16.2. The monoisotopic (exact) mass is 368 g/mol. The van der Waals surface area contributed by atoms with Crippen LogP contribution in [-0.2, 0) is 17.0 Å². The van der Waals surface area contributed by atoms with Crippen molar-refractivity contribution in [3.63, 3.8) is 0 Å². The topological polar surface area (TPSA) is 23.6 Å². The predicted octanol–water partition coefficient (Wildman–Crippen LogP) is 3.70. The van der Waals surface area contributed by atoms with Crippen molar-refractivity contribution in [2.45, 2.75) is 18.6 Å². The number of rotatable bonds is 8. The van der Waals surface area contributed by atoms with Gasteiger partial charge in [0.2, 0.25) is 5.91 Å². The van der Waals surface area contributed by atoms with E-state index >= 15 is 0 Å². The Kier molecular flexibility index (Phi) is 7.59. The van der Waals surface area contributed by atoms with Gasteiger partial charge in [-0.2, -0.15) is 0 Å². The van der Waals surface area contributed by atoms with E-state index in [4.69, 9.17) is 0 Å². The summed E-state index contributed by atoms with van der Waals surface area (Å²) in [5.41, 5.74) is 2.70. The van der Waals surface area contributed by atoms with Crippen molar-refractivity contribution in [2.75, 3.05) is 38.5 Å². The fourth-order valence-electron chi connectivity index (χ4n) is 3.29. The average Bonchev–Trinajstić information content (AvgIpc) is 2.70. The minimum absolute atomic E-state index is 0.287. The second-order valence-electron chi connectivity index (χ2n) is 6.79. The van der Waals surface area contributed by atoms with Gasteiger partial charge in [0.1, 0.15) is 0 Å². The average molecular weight is 369 g/mol. The number of aryl methyl sites for hydroxylation is 1. The van der Waals surface area contributed by atoms with Gasteiger partial charge in [0.05, 0.1) is 5.75 Å². The fourth-order valence-corrected chi connectivity index (χ4v) is 4.18. The summed E-state index contributed by atoms with van der Waals surface area (Å²) in [6.07, 6.45) is 2.32. The Morgan fingerprint density at radius 3 is 2.12 bits per heavy atom. The first-order valence-corrected chi connectivity index (χ1v) is 10.6. The normalized spacial score (nSPS) is 15.2. The summed E-state index contributed by atoms with van der Waals surface area (Å²) >= 11 is 1.72. The van der Waals surface area contributed by atoms with Gasteiger partial charge >= 0.3 is 0 Å². The Bertz CT molecular complexity index is 654. The molecule has 1 aliphatic rings. The third-order valence-electron chi connectivity index (χ3n) is 4.84. The van der Waals surface area contributed by atoms with Gasteiger partial charge in [-0.15, -0.1) is 11.8 Å². The lowest BCUT2D eigenvalue weighted by atomic mass is 10.1. The quantitative estimate of drug-likeness (QED) is 0.710. The Morgan fingerprint density at radius 2 is 1.46 bits per heavy atom. The molecule has 0 spiro atoms. The van der Waals surface area contributed by atoms with Crippen LogP contribution in [0.2, 0.25) is 0 Å². The zero-order valence-electron chi connectivity index (χ0n) is 15.3. The number of thioether (sulfide) groups is 1. The summed E-state index contributed by atoms with van der Waals surface area (Å²) in [6, 6.07) is 21.0. The second-order valence-corrected chi connectivity index (χ2v) is 7.78. The van der Waals surface area contributed by atoms with Gasteiger partial charge in [-0.25, -0.2) is 0 Å². The highest BCUT2D eigenvalue weighted by molar-refractivity contribution is 7.99. The van der Waals surface area contributed by atoms with Crippen LogP contribution in [0.1, 0.15) is 17.5 Å². The molecule has 0 aromatic heterocycles. The van der Waals surface area contributed by atoms with E-state index in [0.29, 0.717) is 5.75 Å². The van der Waals surface area contributed by atoms with E-state index in [1.54, 1.807) is 11.8 Å². The number of nitrogens with zero attached hydrogens (tertiary/aromatic N) is 2. The lowest BCUT2D eigenvalue weighted by molar-refractivity contribution is -0.130. The molecular formula is C22H28N2OS. The van der Waals surface area contributed by atoms with Crippen molar-refractivity contribution in [3.8, 4) is 0 Å². The Balaban J connectivity index is 1.29. The predicted molar refractivity (Wildman–Crippen MR) is 110 cm³/mol. The van der Waals surface area contributed by atoms with Crippen molar-refractivity contribution in [2.24, 2.45) is 0 Å². The van der Waals surface area contributed by atoms with Gasteiger partial charge in [-0.1, -0.05) is 60.7 Å². The van der Waals surface area contributed by atoms with Crippen LogP contribution in [0, 0.1) is 0 Å². The largest absolute Gasteiger partial charge is 0.339 e. The summed E-state index contributed by atoms with van der Waals surface area (Å²) in [7, 11) is 0. The molecule has 1 fully saturated rings. The summed E-state index contributed by atoms with van der Waals surface area (Å²) in [5, 5.41) is 0. The van der Waals surface area contributed by atoms with E-state index in [9.17, 15) is 4.79 Å². The SMILES string of the molecule is O=C(CSCc1ccccc1)N1CCN(CCCc2ccccc2)CC1. The first kappa shape index (κ1) is 19.0. The van der Waals surface area contributed by atoms with Crippen molar-refractivity contribution < 1.29 is 4.79 Å². The maximum Gasteiger partial charge on any atom is 0.232 e. The molecule has 3 nitrogen and oxygen atoms in total. The summed E-state index contributed by atoms with van der Waals surface area (Å²) in [4.78, 5) is 16.9. The van der Waals surface area contributed by atoms with E-state index in [1.165, 1.54) is 17.5 Å². The highest BCUT2D eigenvalue weighted by Gasteiger charge is 2.20. The highest BCUT2D eigenvalue weighted by atomic mass is 32.2. The lowest BCUT2D eigenvalue weighted by Gasteiger charge is -2.34. The molecule has 1 heterocycles. The van der Waals surface area contributed by atoms with Gasteiger partial charge < -0.3 is 4.90 Å². The highest BCUT2D eigenvalue weighted by Crippen LogP contribution is 2.13. The number of carbonyl (C=O) groups excluding carboxylic acids is 1. The lowest BCUT2D eigenvalue weighted by Crippen LogP contribution is -2.49. The summed E-state index contributed by atoms with van der Waals surface area (Å²) < 4.78 is 0. The number of amides is 1. The van der Waals surface area contributed by atoms with E-state index in [-0.39, 0.29) is 5.91 Å². The van der Waals surface area contributed by atoms with Crippen LogP contribution in [0.15, 0.2) is 60.7 Å². The molecule has 1 aliphatic heterocycles. The van der Waals surface area contributed by atoms with Crippen LogP contribution in [-0.4, -0.2) is 54.2 Å². The molecule has 3 rings (SSSR count). The van der Waals surface area contributed by atoms with Gasteiger partial charge in [-0.05, 0) is 30.5 Å². The van der Waals surface area contributed by atoms with Crippen LogP contribution in [0.5, 0.6) is 0 Å². The molecule has 4 heteroatoms. The molecule has 0 unspecified atom stereocenters. The molecule has 26 heavy (non-hydrogen) atoms. The number of hydrogen-bond acceptors (Lipinski definition) is 3. The van der Waals surface area contributed by atoms with Crippen LogP contribution in [0.25, 0.3) is 0 Å². The zero-order chi connectivity index (χ0) is 18.0. The van der Waals surface area contributed by atoms with Gasteiger partial charge in [0, 0.05) is 31.9 Å². The molecule has 1 amide bonds. The Morgan fingerprint density at radius 1 is 0.846 bits per heavy atom. The number of piperazine rings is 1. The standard InChI is InChI=1S/C22H28N2OS/c25-22(19-26-18-21-10-5-2-6-11-21)24-16-14-23(15-17-24)13-7-12-20-8-3-1-4-9-20/h1-6,8-11H,7,12-19H2. The molecule has 0 aliphatic carbocycles. The van der Waals surface area contributed by atoms with E-state index < -0.39 is 0 Å². The molecule has 2 aromatic rings. The van der Waals surface area contributed by atoms with E-state index in [1.807, 2.05) is 11.0 Å². The molecule has 0 N–H and O–H groups in total. The molecule has 0 radical (unpaired) electrons. The molecule has 0 atom stereocenters. The second kappa shape index (κ2) is 10.4. The van der Waals surface area contributed by atoms with Crippen molar-refractivity contribution in [1.82, 2.24) is 9.80 Å². The summed E-state index contributed by atoms with van der Waals surface area (Å²) in [5.74, 6) is 1.78. The third kappa shape index (κ3) is 6.19. The van der Waals surface area contributed by atoms with Crippen molar-refractivity contribution >= 4 is 17.7 Å². The molecule has 0 saturated carbocycles. The van der Waals surface area contributed by atoms with E-state index in [2.05, 4.69) is 59.5 Å². The summed E-state index contributed by atoms with van der Waals surface area (Å²) in [6.45, 7) is 4.87.